The van der Waals surface area contributed by atoms with Gasteiger partial charge in [-0.3, -0.25) is 0 Å². The van der Waals surface area contributed by atoms with Gasteiger partial charge in [0, 0.05) is 17.4 Å². The molecule has 0 bridgehead atoms. The van der Waals surface area contributed by atoms with Crippen LogP contribution in [0.25, 0.3) is 0 Å². The maximum Gasteiger partial charge on any atom is 0.333 e. The molecule has 0 spiro atoms. The lowest BCUT2D eigenvalue weighted by Gasteiger charge is -2.25. The van der Waals surface area contributed by atoms with Crippen LogP contribution in [0.3, 0.4) is 0 Å². The second-order valence-corrected chi connectivity index (χ2v) is 6.30. The second kappa shape index (κ2) is 3.20. The first kappa shape index (κ1) is 11.4. The zero-order valence-electron chi connectivity index (χ0n) is 10.6. The normalized spacial score (nSPS) is 55.5. The number of esters is 1. The molecular formula is C14H15NO4. The highest BCUT2D eigenvalue weighted by Gasteiger charge is 2.83. The van der Waals surface area contributed by atoms with Crippen LogP contribution in [0.2, 0.25) is 0 Å². The van der Waals surface area contributed by atoms with Crippen LogP contribution >= 0.6 is 0 Å². The smallest absolute Gasteiger partial charge is 0.333 e. The van der Waals surface area contributed by atoms with Gasteiger partial charge in [-0.25, -0.2) is 4.79 Å². The Bertz CT molecular complexity index is 538. The average Bonchev–Trinajstić information content (AvgIpc) is 2.67. The summed E-state index contributed by atoms with van der Waals surface area (Å²) >= 11 is 0. The Labute approximate surface area is 110 Å². The van der Waals surface area contributed by atoms with Gasteiger partial charge in [0.05, 0.1) is 6.07 Å². The van der Waals surface area contributed by atoms with Gasteiger partial charge in [-0.1, -0.05) is 6.58 Å². The van der Waals surface area contributed by atoms with Gasteiger partial charge in [0.15, 0.2) is 6.29 Å². The molecule has 1 N–H and O–H groups in total. The Morgan fingerprint density at radius 1 is 1.58 bits per heavy atom. The number of nitrogens with zero attached hydrogens (tertiary/aromatic N) is 1. The quantitative estimate of drug-likeness (QED) is 0.581. The van der Waals surface area contributed by atoms with Crippen LogP contribution in [-0.4, -0.2) is 29.6 Å². The van der Waals surface area contributed by atoms with Crippen molar-refractivity contribution in [2.45, 2.75) is 31.8 Å². The van der Waals surface area contributed by atoms with Crippen molar-refractivity contribution >= 4 is 5.97 Å². The van der Waals surface area contributed by atoms with Gasteiger partial charge in [-0.05, 0) is 25.2 Å². The monoisotopic (exact) mass is 261 g/mol. The maximum absolute atomic E-state index is 11.7. The molecule has 4 fully saturated rings. The average molecular weight is 261 g/mol. The number of rotatable bonds is 2. The number of carbonyl (C=O) groups is 1. The summed E-state index contributed by atoms with van der Waals surface area (Å²) in [4.78, 5) is 11.7. The number of fused-ring (bicyclic) bond motifs is 1. The Morgan fingerprint density at radius 2 is 2.32 bits per heavy atom. The molecule has 0 aromatic carbocycles. The molecule has 5 nitrogen and oxygen atoms in total. The summed E-state index contributed by atoms with van der Waals surface area (Å²) in [6.07, 6.45) is -1.03. The predicted octanol–water partition coefficient (Wildman–Crippen LogP) is 0.597. The lowest BCUT2D eigenvalue weighted by Crippen LogP contribution is -2.34. The van der Waals surface area contributed by atoms with E-state index in [1.165, 1.54) is 0 Å². The highest BCUT2D eigenvalue weighted by Crippen LogP contribution is 2.78. The summed E-state index contributed by atoms with van der Waals surface area (Å²) in [5, 5.41) is 19.5. The first-order valence-electron chi connectivity index (χ1n) is 6.62. The Balaban J connectivity index is 1.65. The molecule has 7 unspecified atom stereocenters. The van der Waals surface area contributed by atoms with Gasteiger partial charge >= 0.3 is 5.97 Å². The maximum atomic E-state index is 11.7. The minimum atomic E-state index is -1.05. The van der Waals surface area contributed by atoms with Crippen LogP contribution in [0.15, 0.2) is 12.2 Å². The van der Waals surface area contributed by atoms with Crippen LogP contribution in [0.4, 0.5) is 0 Å². The van der Waals surface area contributed by atoms with Crippen LogP contribution in [0, 0.1) is 40.4 Å². The molecular weight excluding hydrogens is 246 g/mol. The summed E-state index contributed by atoms with van der Waals surface area (Å²) in [5.41, 5.74) is -0.414. The number of carbonyl (C=O) groups excluding carboxylic acids is 1. The lowest BCUT2D eigenvalue weighted by molar-refractivity contribution is -0.173. The second-order valence-electron chi connectivity index (χ2n) is 6.30. The third kappa shape index (κ3) is 1.11. The number of hydrogen-bond donors (Lipinski definition) is 1. The van der Waals surface area contributed by atoms with Gasteiger partial charge < -0.3 is 14.6 Å². The predicted molar refractivity (Wildman–Crippen MR) is 62.2 cm³/mol. The highest BCUT2D eigenvalue weighted by molar-refractivity contribution is 5.87. The molecule has 4 aliphatic rings. The van der Waals surface area contributed by atoms with E-state index in [4.69, 9.17) is 9.47 Å². The number of aliphatic hydroxyl groups is 1. The van der Waals surface area contributed by atoms with E-state index in [1.54, 1.807) is 6.92 Å². The van der Waals surface area contributed by atoms with Gasteiger partial charge in [0.2, 0.25) is 0 Å². The van der Waals surface area contributed by atoms with E-state index in [0.29, 0.717) is 29.7 Å². The van der Waals surface area contributed by atoms with E-state index in [-0.39, 0.29) is 18.1 Å². The van der Waals surface area contributed by atoms with E-state index in [1.807, 2.05) is 0 Å². The van der Waals surface area contributed by atoms with Crippen molar-refractivity contribution in [1.29, 1.82) is 5.26 Å². The number of aliphatic hydroxyl groups excluding tert-OH is 1. The Hall–Kier alpha value is -1.38. The summed E-state index contributed by atoms with van der Waals surface area (Å²) in [7, 11) is 0. The van der Waals surface area contributed by atoms with Crippen molar-refractivity contribution < 1.29 is 19.4 Å². The molecule has 19 heavy (non-hydrogen) atoms. The summed E-state index contributed by atoms with van der Waals surface area (Å²) in [6.45, 7) is 5.19. The van der Waals surface area contributed by atoms with Gasteiger partial charge in [0.25, 0.3) is 0 Å². The van der Waals surface area contributed by atoms with E-state index < -0.39 is 17.7 Å². The molecule has 0 amide bonds. The fraction of sp³-hybridized carbons (Fsp3) is 0.714. The van der Waals surface area contributed by atoms with Crippen molar-refractivity contribution in [3.8, 4) is 6.07 Å². The molecule has 100 valence electrons. The topological polar surface area (TPSA) is 79.6 Å². The largest absolute Gasteiger partial charge is 0.456 e. The molecule has 1 saturated heterocycles. The standard InChI is InChI=1S/C14H15NO4/c1-5(2)12(16)18-10-8-6-3-14(4-15)9(7(6)8)11(10)19-13(14)17/h6-11,13,17H,1,3H2,2H3/t6?,7-,8?,9?,10?,11?,13?,14?/m1/s1. The fourth-order valence-electron chi connectivity index (χ4n) is 4.72. The van der Waals surface area contributed by atoms with E-state index in [2.05, 4.69) is 12.6 Å². The van der Waals surface area contributed by atoms with E-state index >= 15 is 0 Å². The van der Waals surface area contributed by atoms with Crippen molar-refractivity contribution in [2.75, 3.05) is 0 Å². The van der Waals surface area contributed by atoms with Crippen LogP contribution in [0.1, 0.15) is 13.3 Å². The third-order valence-electron chi connectivity index (χ3n) is 5.46. The van der Waals surface area contributed by atoms with Crippen molar-refractivity contribution in [2.24, 2.45) is 29.1 Å². The van der Waals surface area contributed by atoms with Gasteiger partial charge in [0.1, 0.15) is 17.6 Å². The molecule has 0 aromatic heterocycles. The SMILES string of the molecule is C=C(C)C(=O)OC1C2OC(O)C3(C#N)CC4C1[C@@H]4C23. The zero-order chi connectivity index (χ0) is 13.5. The third-order valence-corrected chi connectivity index (χ3v) is 5.46. The lowest BCUT2D eigenvalue weighted by atomic mass is 9.77. The molecule has 0 radical (unpaired) electrons. The molecule has 5 heteroatoms. The van der Waals surface area contributed by atoms with Crippen LogP contribution in [-0.2, 0) is 14.3 Å². The first-order chi connectivity index (χ1) is 9.01. The minimum Gasteiger partial charge on any atom is -0.456 e. The number of nitriles is 1. The Kier molecular flexibility index (Phi) is 1.93. The fourth-order valence-corrected chi connectivity index (χ4v) is 4.72. The highest BCUT2D eigenvalue weighted by atomic mass is 16.6. The zero-order valence-corrected chi connectivity index (χ0v) is 10.6. The van der Waals surface area contributed by atoms with Crippen LogP contribution in [0.5, 0.6) is 0 Å². The van der Waals surface area contributed by atoms with Gasteiger partial charge in [-0.2, -0.15) is 5.26 Å². The minimum absolute atomic E-state index is 0.0189. The number of ether oxygens (including phenoxy) is 2. The van der Waals surface area contributed by atoms with E-state index in [0.717, 1.165) is 0 Å². The van der Waals surface area contributed by atoms with E-state index in [9.17, 15) is 15.2 Å². The van der Waals surface area contributed by atoms with Crippen molar-refractivity contribution in [3.05, 3.63) is 12.2 Å². The van der Waals surface area contributed by atoms with Crippen molar-refractivity contribution in [1.82, 2.24) is 0 Å². The van der Waals surface area contributed by atoms with Gasteiger partial charge in [-0.15, -0.1) is 0 Å². The summed E-state index contributed by atoms with van der Waals surface area (Å²) < 4.78 is 11.0. The molecule has 4 rings (SSSR count). The number of hydrogen-bond acceptors (Lipinski definition) is 5. The summed E-state index contributed by atoms with van der Waals surface area (Å²) in [6, 6.07) is 2.27. The van der Waals surface area contributed by atoms with Crippen LogP contribution < -0.4 is 0 Å². The summed E-state index contributed by atoms with van der Waals surface area (Å²) in [5.74, 6) is 0.703. The van der Waals surface area contributed by atoms with Crippen molar-refractivity contribution in [3.63, 3.8) is 0 Å². The first-order valence-corrected chi connectivity index (χ1v) is 6.62. The molecule has 3 aliphatic carbocycles. The molecule has 3 saturated carbocycles. The molecule has 1 aliphatic heterocycles. The Morgan fingerprint density at radius 3 is 2.95 bits per heavy atom. The molecule has 8 atom stereocenters. The molecule has 0 aromatic rings. The molecule has 1 heterocycles.